The fraction of sp³-hybridized carbons (Fsp3) is 0.333. The first kappa shape index (κ1) is 17.9. The van der Waals surface area contributed by atoms with E-state index >= 15 is 0 Å². The highest BCUT2D eigenvalue weighted by Crippen LogP contribution is 2.40. The molecule has 7 nitrogen and oxygen atoms in total. The second-order valence-electron chi connectivity index (χ2n) is 6.40. The fourth-order valence-corrected chi connectivity index (χ4v) is 5.70. The number of nitrogens with one attached hydrogen (secondary N) is 1. The number of methoxy groups -OCH3 is 1. The monoisotopic (exact) mass is 403 g/mol. The molecule has 140 valence electrons. The zero-order valence-electron chi connectivity index (χ0n) is 15.0. The van der Waals surface area contributed by atoms with Crippen molar-refractivity contribution in [3.63, 3.8) is 0 Å². The number of ether oxygens (including phenoxy) is 1. The lowest BCUT2D eigenvalue weighted by Gasteiger charge is -2.06. The highest BCUT2D eigenvalue weighted by molar-refractivity contribution is 7.21. The largest absolute Gasteiger partial charge is 0.465 e. The minimum Gasteiger partial charge on any atom is -0.465 e. The number of carbonyl (C=O) groups is 2. The average Bonchev–Trinajstić information content (AvgIpc) is 3.30. The Balaban J connectivity index is 1.75. The van der Waals surface area contributed by atoms with Crippen molar-refractivity contribution in [2.75, 3.05) is 12.4 Å². The van der Waals surface area contributed by atoms with E-state index in [0.29, 0.717) is 31.2 Å². The summed E-state index contributed by atoms with van der Waals surface area (Å²) in [5.41, 5.74) is 1.85. The maximum absolute atomic E-state index is 12.9. The molecule has 0 aliphatic heterocycles. The number of aromatic nitrogens is 2. The zero-order valence-corrected chi connectivity index (χ0v) is 16.7. The average molecular weight is 403 g/mol. The van der Waals surface area contributed by atoms with Crippen molar-refractivity contribution in [1.82, 2.24) is 9.55 Å². The van der Waals surface area contributed by atoms with Gasteiger partial charge in [-0.25, -0.2) is 9.78 Å². The molecule has 0 fully saturated rings. The minimum absolute atomic E-state index is 0.182. The van der Waals surface area contributed by atoms with Crippen LogP contribution in [-0.4, -0.2) is 28.5 Å². The van der Waals surface area contributed by atoms with E-state index < -0.39 is 5.97 Å². The summed E-state index contributed by atoms with van der Waals surface area (Å²) < 4.78 is 6.31. The van der Waals surface area contributed by atoms with Gasteiger partial charge in [0.2, 0.25) is 0 Å². The molecule has 0 atom stereocenters. The summed E-state index contributed by atoms with van der Waals surface area (Å²) in [5.74, 6) is -0.782. The van der Waals surface area contributed by atoms with Gasteiger partial charge in [-0.15, -0.1) is 22.7 Å². The van der Waals surface area contributed by atoms with E-state index in [0.717, 1.165) is 29.7 Å². The lowest BCUT2D eigenvalue weighted by molar-refractivity contribution is 0.0601. The van der Waals surface area contributed by atoms with Gasteiger partial charge in [-0.05, 0) is 37.3 Å². The molecule has 0 bridgehead atoms. The van der Waals surface area contributed by atoms with E-state index in [1.165, 1.54) is 40.7 Å². The van der Waals surface area contributed by atoms with Crippen LogP contribution in [0.1, 0.15) is 42.5 Å². The number of aryl methyl sites for hydroxylation is 3. The molecule has 0 aromatic carbocycles. The van der Waals surface area contributed by atoms with Crippen molar-refractivity contribution in [3.05, 3.63) is 43.1 Å². The number of hydrogen-bond acceptors (Lipinski definition) is 7. The molecule has 3 aromatic rings. The first-order chi connectivity index (χ1) is 12.9. The quantitative estimate of drug-likeness (QED) is 0.679. The van der Waals surface area contributed by atoms with Crippen molar-refractivity contribution in [1.29, 1.82) is 0 Å². The van der Waals surface area contributed by atoms with Gasteiger partial charge >= 0.3 is 5.97 Å². The Labute approximate surface area is 162 Å². The second kappa shape index (κ2) is 6.58. The van der Waals surface area contributed by atoms with Crippen molar-refractivity contribution in [2.45, 2.75) is 26.2 Å². The molecule has 3 heterocycles. The molecule has 0 spiro atoms. The Morgan fingerprint density at radius 1 is 1.30 bits per heavy atom. The van der Waals surface area contributed by atoms with Gasteiger partial charge in [0.25, 0.3) is 11.5 Å². The molecular formula is C18H17N3O4S2. The number of esters is 1. The highest BCUT2D eigenvalue weighted by Gasteiger charge is 2.29. The SMILES string of the molecule is COC(=O)c1c(NC(=O)c2sc3ncn(C)c(=O)c3c2C)sc2c1CCC2. The van der Waals surface area contributed by atoms with Gasteiger partial charge in [0.15, 0.2) is 0 Å². The van der Waals surface area contributed by atoms with Gasteiger partial charge in [-0.3, -0.25) is 9.59 Å². The maximum Gasteiger partial charge on any atom is 0.341 e. The number of rotatable bonds is 3. The fourth-order valence-electron chi connectivity index (χ4n) is 3.40. The van der Waals surface area contributed by atoms with Gasteiger partial charge in [0.1, 0.15) is 9.83 Å². The third-order valence-corrected chi connectivity index (χ3v) is 7.16. The van der Waals surface area contributed by atoms with Gasteiger partial charge < -0.3 is 14.6 Å². The molecule has 0 saturated carbocycles. The van der Waals surface area contributed by atoms with Gasteiger partial charge in [0.05, 0.1) is 29.3 Å². The Kier molecular flexibility index (Phi) is 4.35. The molecule has 27 heavy (non-hydrogen) atoms. The predicted molar refractivity (Wildman–Crippen MR) is 105 cm³/mol. The Bertz CT molecular complexity index is 1160. The number of nitrogens with zero attached hydrogens (tertiary/aromatic N) is 2. The molecule has 1 N–H and O–H groups in total. The minimum atomic E-state index is -0.437. The first-order valence-corrected chi connectivity index (χ1v) is 10.0. The molecule has 0 saturated heterocycles. The molecule has 9 heteroatoms. The van der Waals surface area contributed by atoms with Crippen LogP contribution in [0.3, 0.4) is 0 Å². The summed E-state index contributed by atoms with van der Waals surface area (Å²) in [4.78, 5) is 43.8. The van der Waals surface area contributed by atoms with Crippen molar-refractivity contribution < 1.29 is 14.3 Å². The van der Waals surface area contributed by atoms with E-state index in [-0.39, 0.29) is 11.5 Å². The molecule has 1 amide bonds. The standard InChI is InChI=1S/C18H17N3O4S2/c1-8-11-15(19-7-21(2)17(11)23)27-13(8)14(22)20-16-12(18(24)25-3)9-5-4-6-10(9)26-16/h7H,4-6H2,1-3H3,(H,20,22). The number of amides is 1. The van der Waals surface area contributed by atoms with Crippen molar-refractivity contribution in [3.8, 4) is 0 Å². The summed E-state index contributed by atoms with van der Waals surface area (Å²) in [6, 6.07) is 0. The summed E-state index contributed by atoms with van der Waals surface area (Å²) in [5, 5.41) is 3.82. The molecule has 0 radical (unpaired) electrons. The summed E-state index contributed by atoms with van der Waals surface area (Å²) in [7, 11) is 2.96. The molecule has 3 aromatic heterocycles. The molecular weight excluding hydrogens is 386 g/mol. The van der Waals surface area contributed by atoms with Crippen LogP contribution in [-0.2, 0) is 24.6 Å². The zero-order chi connectivity index (χ0) is 19.3. The highest BCUT2D eigenvalue weighted by atomic mass is 32.1. The van der Waals surface area contributed by atoms with Crippen molar-refractivity contribution in [2.24, 2.45) is 7.05 Å². The van der Waals surface area contributed by atoms with E-state index in [4.69, 9.17) is 4.74 Å². The number of fused-ring (bicyclic) bond motifs is 2. The smallest absolute Gasteiger partial charge is 0.341 e. The van der Waals surface area contributed by atoms with E-state index in [1.54, 1.807) is 14.0 Å². The maximum atomic E-state index is 12.9. The number of anilines is 1. The number of hydrogen-bond donors (Lipinski definition) is 1. The third-order valence-electron chi connectivity index (χ3n) is 4.75. The molecule has 0 unspecified atom stereocenters. The van der Waals surface area contributed by atoms with E-state index in [9.17, 15) is 14.4 Å². The van der Waals surface area contributed by atoms with E-state index in [2.05, 4.69) is 10.3 Å². The lowest BCUT2D eigenvalue weighted by atomic mass is 10.1. The van der Waals surface area contributed by atoms with Gasteiger partial charge in [0, 0.05) is 11.9 Å². The second-order valence-corrected chi connectivity index (χ2v) is 8.51. The topological polar surface area (TPSA) is 90.3 Å². The van der Waals surface area contributed by atoms with Gasteiger partial charge in [-0.1, -0.05) is 0 Å². The van der Waals surface area contributed by atoms with Crippen LogP contribution < -0.4 is 10.9 Å². The molecule has 1 aliphatic carbocycles. The van der Waals surface area contributed by atoms with Crippen molar-refractivity contribution >= 4 is 49.8 Å². The molecule has 1 aliphatic rings. The number of thiophene rings is 2. The van der Waals surface area contributed by atoms with Crippen LogP contribution in [0.4, 0.5) is 5.00 Å². The van der Waals surface area contributed by atoms with Crippen LogP contribution in [0.5, 0.6) is 0 Å². The number of carbonyl (C=O) groups excluding carboxylic acids is 2. The third kappa shape index (κ3) is 2.78. The predicted octanol–water partition coefficient (Wildman–Crippen LogP) is 2.89. The van der Waals surface area contributed by atoms with Crippen LogP contribution >= 0.6 is 22.7 Å². The summed E-state index contributed by atoms with van der Waals surface area (Å²) in [6.07, 6.45) is 4.17. The molecule has 4 rings (SSSR count). The summed E-state index contributed by atoms with van der Waals surface area (Å²) in [6.45, 7) is 1.74. The normalized spacial score (nSPS) is 13.0. The Hall–Kier alpha value is -2.52. The van der Waals surface area contributed by atoms with Crippen LogP contribution in [0.2, 0.25) is 0 Å². The Morgan fingerprint density at radius 2 is 2.07 bits per heavy atom. The lowest BCUT2D eigenvalue weighted by Crippen LogP contribution is -2.17. The van der Waals surface area contributed by atoms with Gasteiger partial charge in [-0.2, -0.15) is 0 Å². The first-order valence-electron chi connectivity index (χ1n) is 8.41. The summed E-state index contributed by atoms with van der Waals surface area (Å²) >= 11 is 2.60. The Morgan fingerprint density at radius 3 is 2.81 bits per heavy atom. The van der Waals surface area contributed by atoms with Crippen LogP contribution in [0.15, 0.2) is 11.1 Å². The van der Waals surface area contributed by atoms with E-state index in [1.807, 2.05) is 0 Å². The van der Waals surface area contributed by atoms with Crippen LogP contribution in [0.25, 0.3) is 10.2 Å². The van der Waals surface area contributed by atoms with Crippen LogP contribution in [0, 0.1) is 6.92 Å².